The molecule has 1 heterocycles. The summed E-state index contributed by atoms with van der Waals surface area (Å²) in [4.78, 5) is 14.1. The number of thiol groups is 1. The summed E-state index contributed by atoms with van der Waals surface area (Å²) in [5.74, 6) is 4.79. The van der Waals surface area contributed by atoms with Gasteiger partial charge in [0.2, 0.25) is 5.01 Å². The van der Waals surface area contributed by atoms with Crippen molar-refractivity contribution in [1.29, 1.82) is 0 Å². The number of carboxylic acids is 1. The maximum atomic E-state index is 10.4. The van der Waals surface area contributed by atoms with Crippen molar-refractivity contribution in [2.45, 2.75) is 0 Å². The molecule has 62 valence electrons. The second-order valence-corrected chi connectivity index (χ2v) is 2.98. The van der Waals surface area contributed by atoms with Gasteiger partial charge in [-0.3, -0.25) is 0 Å². The molecule has 0 bridgehead atoms. The largest absolute Gasteiger partial charge is 0.476 e. The standard InChI is InChI=1S/C7H5NO2S2/c9-7(10)6-8-5(4-12-6)2-1-3-11/h4,11H,3H2,(H,9,10). The van der Waals surface area contributed by atoms with Crippen LogP contribution in [0.25, 0.3) is 0 Å². The van der Waals surface area contributed by atoms with Gasteiger partial charge in [0.15, 0.2) is 0 Å². The lowest BCUT2D eigenvalue weighted by Crippen LogP contribution is -1.94. The van der Waals surface area contributed by atoms with E-state index in [-0.39, 0.29) is 5.01 Å². The number of hydrogen-bond acceptors (Lipinski definition) is 4. The summed E-state index contributed by atoms with van der Waals surface area (Å²) in [7, 11) is 0. The van der Waals surface area contributed by atoms with Gasteiger partial charge in [0, 0.05) is 5.38 Å². The minimum absolute atomic E-state index is 0.0680. The number of rotatable bonds is 1. The van der Waals surface area contributed by atoms with E-state index in [2.05, 4.69) is 29.5 Å². The zero-order chi connectivity index (χ0) is 8.97. The van der Waals surface area contributed by atoms with Gasteiger partial charge in [0.1, 0.15) is 5.69 Å². The smallest absolute Gasteiger partial charge is 0.365 e. The molecule has 1 N–H and O–H groups in total. The molecule has 1 rings (SSSR count). The first-order chi connectivity index (χ1) is 5.74. The third-order valence-corrected chi connectivity index (χ3v) is 1.97. The highest BCUT2D eigenvalue weighted by Gasteiger charge is 2.06. The SMILES string of the molecule is O=C(O)c1nc(C#CCS)cs1. The van der Waals surface area contributed by atoms with E-state index in [0.29, 0.717) is 11.4 Å². The summed E-state index contributed by atoms with van der Waals surface area (Å²) >= 11 is 4.95. The van der Waals surface area contributed by atoms with Gasteiger partial charge in [-0.15, -0.1) is 11.3 Å². The van der Waals surface area contributed by atoms with Gasteiger partial charge < -0.3 is 5.11 Å². The van der Waals surface area contributed by atoms with Crippen LogP contribution in [0, 0.1) is 11.8 Å². The van der Waals surface area contributed by atoms with Crippen LogP contribution in [0.3, 0.4) is 0 Å². The summed E-state index contributed by atoms with van der Waals surface area (Å²) < 4.78 is 0. The lowest BCUT2D eigenvalue weighted by atomic mass is 10.5. The Balaban J connectivity index is 2.84. The van der Waals surface area contributed by atoms with Crippen molar-refractivity contribution in [1.82, 2.24) is 4.98 Å². The Bertz CT molecular complexity index is 348. The second-order valence-electron chi connectivity index (χ2n) is 1.80. The number of aromatic carboxylic acids is 1. The van der Waals surface area contributed by atoms with Gasteiger partial charge in [-0.1, -0.05) is 5.92 Å². The van der Waals surface area contributed by atoms with Crippen LogP contribution in [0.15, 0.2) is 5.38 Å². The van der Waals surface area contributed by atoms with E-state index in [0.717, 1.165) is 11.3 Å². The average Bonchev–Trinajstić information content (AvgIpc) is 2.48. The van der Waals surface area contributed by atoms with Crippen molar-refractivity contribution in [3.8, 4) is 11.8 Å². The molecular weight excluding hydrogens is 194 g/mol. The van der Waals surface area contributed by atoms with Crippen molar-refractivity contribution < 1.29 is 9.90 Å². The molecule has 0 saturated heterocycles. The summed E-state index contributed by atoms with van der Waals surface area (Å²) in [6.45, 7) is 0. The molecule has 0 amide bonds. The number of carbonyl (C=O) groups is 1. The topological polar surface area (TPSA) is 50.2 Å². The van der Waals surface area contributed by atoms with Crippen molar-refractivity contribution in [2.24, 2.45) is 0 Å². The molecule has 0 aliphatic rings. The Morgan fingerprint density at radius 1 is 1.83 bits per heavy atom. The van der Waals surface area contributed by atoms with Gasteiger partial charge in [0.25, 0.3) is 0 Å². The highest BCUT2D eigenvalue weighted by Crippen LogP contribution is 2.07. The van der Waals surface area contributed by atoms with Crippen molar-refractivity contribution in [3.05, 3.63) is 16.1 Å². The van der Waals surface area contributed by atoms with E-state index in [1.165, 1.54) is 0 Å². The normalized spacial score (nSPS) is 8.75. The summed E-state index contributed by atoms with van der Waals surface area (Å²) in [5.41, 5.74) is 0.492. The molecule has 0 unspecified atom stereocenters. The lowest BCUT2D eigenvalue weighted by Gasteiger charge is -1.79. The van der Waals surface area contributed by atoms with Gasteiger partial charge in [0.05, 0.1) is 5.75 Å². The van der Waals surface area contributed by atoms with Crippen LogP contribution in [0.1, 0.15) is 15.5 Å². The van der Waals surface area contributed by atoms with Gasteiger partial charge >= 0.3 is 5.97 Å². The second kappa shape index (κ2) is 4.14. The van der Waals surface area contributed by atoms with Crippen LogP contribution in [-0.4, -0.2) is 21.8 Å². The van der Waals surface area contributed by atoms with Gasteiger partial charge in [-0.05, 0) is 5.92 Å². The Morgan fingerprint density at radius 3 is 3.08 bits per heavy atom. The molecule has 1 aromatic heterocycles. The minimum Gasteiger partial charge on any atom is -0.476 e. The Labute approximate surface area is 78.9 Å². The molecule has 0 atom stereocenters. The predicted octanol–water partition coefficient (Wildman–Crippen LogP) is 1.12. The van der Waals surface area contributed by atoms with Crippen LogP contribution in [0.2, 0.25) is 0 Å². The van der Waals surface area contributed by atoms with Gasteiger partial charge in [-0.2, -0.15) is 12.6 Å². The lowest BCUT2D eigenvalue weighted by molar-refractivity contribution is 0.0696. The molecule has 0 aliphatic heterocycles. The molecule has 0 radical (unpaired) electrons. The van der Waals surface area contributed by atoms with E-state index in [1.807, 2.05) is 0 Å². The zero-order valence-corrected chi connectivity index (χ0v) is 7.65. The maximum Gasteiger partial charge on any atom is 0.365 e. The van der Waals surface area contributed by atoms with Crippen LogP contribution < -0.4 is 0 Å². The molecule has 0 aromatic carbocycles. The first-order valence-electron chi connectivity index (χ1n) is 3.02. The number of aromatic nitrogens is 1. The van der Waals surface area contributed by atoms with E-state index in [1.54, 1.807) is 5.38 Å². The fraction of sp³-hybridized carbons (Fsp3) is 0.143. The molecule has 0 fully saturated rings. The van der Waals surface area contributed by atoms with Crippen LogP contribution >= 0.6 is 24.0 Å². The monoisotopic (exact) mass is 199 g/mol. The first kappa shape index (κ1) is 9.10. The minimum atomic E-state index is -1.01. The van der Waals surface area contributed by atoms with Gasteiger partial charge in [-0.25, -0.2) is 9.78 Å². The van der Waals surface area contributed by atoms with Crippen LogP contribution in [0.5, 0.6) is 0 Å². The summed E-state index contributed by atoms with van der Waals surface area (Å²) in [5, 5.41) is 10.2. The van der Waals surface area contributed by atoms with Crippen LogP contribution in [0.4, 0.5) is 0 Å². The Kier molecular flexibility index (Phi) is 3.14. The number of hydrogen-bond donors (Lipinski definition) is 2. The highest BCUT2D eigenvalue weighted by molar-refractivity contribution is 7.80. The predicted molar refractivity (Wildman–Crippen MR) is 49.8 cm³/mol. The third kappa shape index (κ3) is 2.26. The van der Waals surface area contributed by atoms with Crippen molar-refractivity contribution in [3.63, 3.8) is 0 Å². The third-order valence-electron chi connectivity index (χ3n) is 0.983. The molecule has 1 aromatic rings. The molecule has 0 spiro atoms. The van der Waals surface area contributed by atoms with E-state index < -0.39 is 5.97 Å². The molecule has 5 heteroatoms. The van der Waals surface area contributed by atoms with E-state index in [9.17, 15) is 4.79 Å². The highest BCUT2D eigenvalue weighted by atomic mass is 32.1. The molecule has 12 heavy (non-hydrogen) atoms. The number of nitrogens with zero attached hydrogens (tertiary/aromatic N) is 1. The van der Waals surface area contributed by atoms with E-state index in [4.69, 9.17) is 5.11 Å². The summed E-state index contributed by atoms with van der Waals surface area (Å²) in [6.07, 6.45) is 0. The van der Waals surface area contributed by atoms with Crippen molar-refractivity contribution >= 4 is 29.9 Å². The quantitative estimate of drug-likeness (QED) is 0.526. The Hall–Kier alpha value is -0.990. The van der Waals surface area contributed by atoms with E-state index >= 15 is 0 Å². The summed E-state index contributed by atoms with van der Waals surface area (Å²) in [6, 6.07) is 0. The number of carboxylic acid groups (broad SMARTS) is 1. The average molecular weight is 199 g/mol. The molecule has 0 aliphatic carbocycles. The Morgan fingerprint density at radius 2 is 2.58 bits per heavy atom. The molecule has 0 saturated carbocycles. The number of thiazole rings is 1. The maximum absolute atomic E-state index is 10.4. The first-order valence-corrected chi connectivity index (χ1v) is 4.54. The van der Waals surface area contributed by atoms with Crippen molar-refractivity contribution in [2.75, 3.05) is 5.75 Å². The molecular formula is C7H5NO2S2. The fourth-order valence-corrected chi connectivity index (χ4v) is 1.23. The fourth-order valence-electron chi connectivity index (χ4n) is 0.559. The van der Waals surface area contributed by atoms with Crippen LogP contribution in [-0.2, 0) is 0 Å². The zero-order valence-electron chi connectivity index (χ0n) is 5.94. The molecule has 3 nitrogen and oxygen atoms in total.